The molecular formula is C21H17N3O4S. The van der Waals surface area contributed by atoms with Gasteiger partial charge in [0.1, 0.15) is 11.5 Å². The molecule has 2 N–H and O–H groups in total. The minimum Gasteiger partial charge on any atom is -0.503 e. The fraction of sp³-hybridized carbons (Fsp3) is 0.0952. The van der Waals surface area contributed by atoms with Crippen LogP contribution >= 0.6 is 11.3 Å². The minimum absolute atomic E-state index is 0.132. The normalized spacial score (nSPS) is 10.7. The Kier molecular flexibility index (Phi) is 5.01. The molecule has 8 heteroatoms. The first kappa shape index (κ1) is 18.7. The van der Waals surface area contributed by atoms with Gasteiger partial charge in [-0.05, 0) is 30.7 Å². The Balaban J connectivity index is 1.56. The molecule has 29 heavy (non-hydrogen) atoms. The third-order valence-electron chi connectivity index (χ3n) is 4.22. The summed E-state index contributed by atoms with van der Waals surface area (Å²) in [4.78, 5) is 20.8. The van der Waals surface area contributed by atoms with Crippen molar-refractivity contribution in [2.75, 3.05) is 12.4 Å². The maximum Gasteiger partial charge on any atom is 0.280 e. The Labute approximate surface area is 170 Å². The lowest BCUT2D eigenvalue weighted by molar-refractivity contribution is 0.101. The van der Waals surface area contributed by atoms with E-state index in [-0.39, 0.29) is 17.2 Å². The Morgan fingerprint density at radius 2 is 1.97 bits per heavy atom. The van der Waals surface area contributed by atoms with E-state index in [4.69, 9.17) is 9.47 Å². The summed E-state index contributed by atoms with van der Waals surface area (Å²) in [5.74, 6) is 0.747. The lowest BCUT2D eigenvalue weighted by atomic mass is 10.2. The fourth-order valence-electron chi connectivity index (χ4n) is 2.74. The average Bonchev–Trinajstić information content (AvgIpc) is 3.11. The largest absolute Gasteiger partial charge is 0.503 e. The first-order valence-corrected chi connectivity index (χ1v) is 9.54. The molecule has 2 aromatic carbocycles. The Hall–Kier alpha value is -3.65. The van der Waals surface area contributed by atoms with Crippen LogP contribution in [-0.2, 0) is 0 Å². The van der Waals surface area contributed by atoms with Crippen molar-refractivity contribution < 1.29 is 19.4 Å². The lowest BCUT2D eigenvalue weighted by Crippen LogP contribution is -2.13. The second kappa shape index (κ2) is 7.76. The molecule has 0 spiro atoms. The Bertz CT molecular complexity index is 1210. The number of aryl methyl sites for hydroxylation is 1. The van der Waals surface area contributed by atoms with E-state index in [1.807, 2.05) is 49.4 Å². The Morgan fingerprint density at radius 3 is 2.76 bits per heavy atom. The molecule has 7 nitrogen and oxygen atoms in total. The lowest BCUT2D eigenvalue weighted by Gasteiger charge is -2.07. The number of ether oxygens (including phenoxy) is 2. The molecule has 0 aliphatic carbocycles. The number of pyridine rings is 1. The maximum absolute atomic E-state index is 12.5. The van der Waals surface area contributed by atoms with Gasteiger partial charge >= 0.3 is 0 Å². The van der Waals surface area contributed by atoms with Crippen molar-refractivity contribution in [2.24, 2.45) is 0 Å². The number of thiazole rings is 1. The van der Waals surface area contributed by atoms with Gasteiger partial charge in [0.15, 0.2) is 22.3 Å². The molecule has 2 aromatic heterocycles. The zero-order valence-corrected chi connectivity index (χ0v) is 16.5. The summed E-state index contributed by atoms with van der Waals surface area (Å²) in [7, 11) is 1.40. The van der Waals surface area contributed by atoms with Crippen LogP contribution in [0.15, 0.2) is 54.7 Å². The van der Waals surface area contributed by atoms with Gasteiger partial charge in [-0.2, -0.15) is 0 Å². The van der Waals surface area contributed by atoms with E-state index in [9.17, 15) is 9.90 Å². The van der Waals surface area contributed by atoms with E-state index in [1.54, 1.807) is 0 Å². The second-order valence-electron chi connectivity index (χ2n) is 6.18. The SMILES string of the molecule is COc1ccnc(C(=O)Nc2nc3ccc(Oc4ccccc4C)cc3s2)c1O. The molecule has 0 aliphatic rings. The van der Waals surface area contributed by atoms with E-state index < -0.39 is 5.91 Å². The van der Waals surface area contributed by atoms with Crippen molar-refractivity contribution in [1.29, 1.82) is 0 Å². The molecule has 0 saturated heterocycles. The van der Waals surface area contributed by atoms with Crippen LogP contribution in [0.3, 0.4) is 0 Å². The van der Waals surface area contributed by atoms with Crippen LogP contribution in [0.2, 0.25) is 0 Å². The van der Waals surface area contributed by atoms with Crippen molar-refractivity contribution >= 4 is 32.6 Å². The van der Waals surface area contributed by atoms with E-state index >= 15 is 0 Å². The van der Waals surface area contributed by atoms with E-state index in [0.29, 0.717) is 10.9 Å². The van der Waals surface area contributed by atoms with Crippen molar-refractivity contribution in [3.05, 3.63) is 66.0 Å². The zero-order chi connectivity index (χ0) is 20.4. The number of aromatic nitrogens is 2. The first-order valence-electron chi connectivity index (χ1n) is 8.72. The Morgan fingerprint density at radius 1 is 1.14 bits per heavy atom. The number of methoxy groups -OCH3 is 1. The van der Waals surface area contributed by atoms with Crippen LogP contribution in [0, 0.1) is 6.92 Å². The van der Waals surface area contributed by atoms with Crippen LogP contribution in [0.5, 0.6) is 23.0 Å². The molecular weight excluding hydrogens is 390 g/mol. The zero-order valence-electron chi connectivity index (χ0n) is 15.7. The molecule has 0 atom stereocenters. The van der Waals surface area contributed by atoms with E-state index in [0.717, 1.165) is 21.5 Å². The van der Waals surface area contributed by atoms with Crippen LogP contribution in [0.4, 0.5) is 5.13 Å². The van der Waals surface area contributed by atoms with Crippen molar-refractivity contribution in [2.45, 2.75) is 6.92 Å². The molecule has 4 rings (SSSR count). The molecule has 2 heterocycles. The monoisotopic (exact) mass is 407 g/mol. The molecule has 0 unspecified atom stereocenters. The average molecular weight is 407 g/mol. The number of benzene rings is 2. The molecule has 0 radical (unpaired) electrons. The van der Waals surface area contributed by atoms with Crippen LogP contribution in [0.25, 0.3) is 10.2 Å². The predicted molar refractivity (Wildman–Crippen MR) is 111 cm³/mol. The van der Waals surface area contributed by atoms with E-state index in [2.05, 4.69) is 15.3 Å². The highest BCUT2D eigenvalue weighted by molar-refractivity contribution is 7.22. The second-order valence-corrected chi connectivity index (χ2v) is 7.21. The molecule has 0 fully saturated rings. The number of hydrogen-bond donors (Lipinski definition) is 2. The van der Waals surface area contributed by atoms with Crippen molar-refractivity contribution in [1.82, 2.24) is 9.97 Å². The van der Waals surface area contributed by atoms with Gasteiger partial charge in [-0.15, -0.1) is 0 Å². The van der Waals surface area contributed by atoms with Gasteiger partial charge in [0.05, 0.1) is 17.3 Å². The van der Waals surface area contributed by atoms with Gasteiger partial charge < -0.3 is 14.6 Å². The highest BCUT2D eigenvalue weighted by Crippen LogP contribution is 2.33. The summed E-state index contributed by atoms with van der Waals surface area (Å²) in [6, 6.07) is 14.8. The summed E-state index contributed by atoms with van der Waals surface area (Å²) >= 11 is 1.30. The quantitative estimate of drug-likeness (QED) is 0.495. The standard InChI is InChI=1S/C21H17N3O4S/c1-12-5-3-4-6-15(12)28-13-7-8-14-17(11-13)29-21(23-14)24-20(26)18-19(25)16(27-2)9-10-22-18/h3-11,25H,1-2H3,(H,23,24,26). The number of rotatable bonds is 5. The number of nitrogens with one attached hydrogen (secondary N) is 1. The molecule has 1 amide bonds. The first-order chi connectivity index (χ1) is 14.0. The number of anilines is 1. The highest BCUT2D eigenvalue weighted by Gasteiger charge is 2.18. The molecule has 0 bridgehead atoms. The summed E-state index contributed by atoms with van der Waals surface area (Å²) < 4.78 is 11.8. The summed E-state index contributed by atoms with van der Waals surface area (Å²) in [6.07, 6.45) is 1.39. The number of aromatic hydroxyl groups is 1. The summed E-state index contributed by atoms with van der Waals surface area (Å²) in [6.45, 7) is 1.98. The fourth-order valence-corrected chi connectivity index (χ4v) is 3.63. The number of hydrogen-bond acceptors (Lipinski definition) is 7. The molecule has 4 aromatic rings. The smallest absolute Gasteiger partial charge is 0.280 e. The van der Waals surface area contributed by atoms with Gasteiger partial charge in [0, 0.05) is 18.3 Å². The predicted octanol–water partition coefficient (Wildman–Crippen LogP) is 4.76. The van der Waals surface area contributed by atoms with Crippen LogP contribution < -0.4 is 14.8 Å². The van der Waals surface area contributed by atoms with Gasteiger partial charge in [0.2, 0.25) is 0 Å². The summed E-state index contributed by atoms with van der Waals surface area (Å²) in [5, 5.41) is 13.2. The number of para-hydroxylation sites is 1. The van der Waals surface area contributed by atoms with Crippen molar-refractivity contribution in [3.8, 4) is 23.0 Å². The molecule has 0 saturated carbocycles. The van der Waals surface area contributed by atoms with Gasteiger partial charge in [-0.25, -0.2) is 9.97 Å². The third kappa shape index (κ3) is 3.83. The number of amides is 1. The minimum atomic E-state index is -0.572. The molecule has 0 aliphatic heterocycles. The number of carbonyl (C=O) groups excluding carboxylic acids is 1. The highest BCUT2D eigenvalue weighted by atomic mass is 32.1. The summed E-state index contributed by atoms with van der Waals surface area (Å²) in [5.41, 5.74) is 1.63. The van der Waals surface area contributed by atoms with Gasteiger partial charge in [0.25, 0.3) is 5.91 Å². The van der Waals surface area contributed by atoms with Gasteiger partial charge in [-0.3, -0.25) is 10.1 Å². The number of fused-ring (bicyclic) bond motifs is 1. The molecule has 146 valence electrons. The van der Waals surface area contributed by atoms with E-state index in [1.165, 1.54) is 30.7 Å². The topological polar surface area (TPSA) is 93.6 Å². The third-order valence-corrected chi connectivity index (χ3v) is 5.16. The van der Waals surface area contributed by atoms with Crippen LogP contribution in [-0.4, -0.2) is 28.1 Å². The number of carbonyl (C=O) groups is 1. The van der Waals surface area contributed by atoms with Crippen molar-refractivity contribution in [3.63, 3.8) is 0 Å². The van der Waals surface area contributed by atoms with Gasteiger partial charge in [-0.1, -0.05) is 29.5 Å². The van der Waals surface area contributed by atoms with Crippen LogP contribution in [0.1, 0.15) is 16.1 Å². The number of nitrogens with zero attached hydrogens (tertiary/aromatic N) is 2. The maximum atomic E-state index is 12.5.